The van der Waals surface area contributed by atoms with Gasteiger partial charge in [0, 0.05) is 19.3 Å². The average molecular weight is 294 g/mol. The van der Waals surface area contributed by atoms with Gasteiger partial charge in [0.05, 0.1) is 18.0 Å². The van der Waals surface area contributed by atoms with Crippen molar-refractivity contribution in [3.63, 3.8) is 0 Å². The lowest BCUT2D eigenvalue weighted by Crippen LogP contribution is -2.28. The quantitative estimate of drug-likeness (QED) is 0.942. The molecule has 0 spiro atoms. The zero-order valence-corrected chi connectivity index (χ0v) is 11.6. The van der Waals surface area contributed by atoms with Crippen LogP contribution in [0.1, 0.15) is 31.5 Å². The predicted molar refractivity (Wildman–Crippen MR) is 74.4 cm³/mol. The number of nitrogens with zero attached hydrogens (tertiary/aromatic N) is 2. The summed E-state index contributed by atoms with van der Waals surface area (Å²) < 4.78 is 28.1. The largest absolute Gasteiger partial charge is 0.394 e. The van der Waals surface area contributed by atoms with E-state index in [1.54, 1.807) is 12.3 Å². The zero-order valence-electron chi connectivity index (χ0n) is 11.6. The first-order chi connectivity index (χ1) is 9.91. The van der Waals surface area contributed by atoms with Crippen molar-refractivity contribution in [2.45, 2.75) is 31.7 Å². The molecule has 1 unspecified atom stereocenters. The van der Waals surface area contributed by atoms with Gasteiger partial charge in [-0.3, -0.25) is 9.78 Å². The monoisotopic (exact) mass is 294 g/mol. The average Bonchev–Trinajstić information content (AvgIpc) is 3.25. The Morgan fingerprint density at radius 2 is 2.24 bits per heavy atom. The maximum Gasteiger partial charge on any atom is 0.286 e. The molecule has 1 fully saturated rings. The lowest BCUT2D eigenvalue weighted by molar-refractivity contribution is 0.0129. The number of pyridine rings is 2. The third-order valence-corrected chi connectivity index (χ3v) is 3.98. The van der Waals surface area contributed by atoms with Gasteiger partial charge in [-0.15, -0.1) is 0 Å². The van der Waals surface area contributed by atoms with Gasteiger partial charge in [-0.2, -0.15) is 8.78 Å². The van der Waals surface area contributed by atoms with Crippen LogP contribution in [0.25, 0.3) is 10.8 Å². The number of aliphatic hydroxyl groups is 1. The van der Waals surface area contributed by atoms with Crippen LogP contribution in [0.2, 0.25) is 0 Å². The number of aromatic nitrogens is 2. The molecule has 3 rings (SSSR count). The Morgan fingerprint density at radius 1 is 1.52 bits per heavy atom. The molecule has 0 aromatic carbocycles. The molecule has 0 amide bonds. The van der Waals surface area contributed by atoms with Crippen molar-refractivity contribution in [2.75, 3.05) is 6.61 Å². The summed E-state index contributed by atoms with van der Waals surface area (Å²) in [5.74, 6) is -2.72. The number of hydrogen-bond donors (Lipinski definition) is 1. The van der Waals surface area contributed by atoms with E-state index in [-0.39, 0.29) is 23.9 Å². The normalized spacial score (nSPS) is 17.1. The second-order valence-corrected chi connectivity index (χ2v) is 5.66. The van der Waals surface area contributed by atoms with Crippen molar-refractivity contribution < 1.29 is 13.9 Å². The van der Waals surface area contributed by atoms with Crippen LogP contribution in [0.4, 0.5) is 8.78 Å². The van der Waals surface area contributed by atoms with Gasteiger partial charge < -0.3 is 9.67 Å². The summed E-state index contributed by atoms with van der Waals surface area (Å²) in [6.07, 6.45) is 4.76. The molecule has 6 heteroatoms. The summed E-state index contributed by atoms with van der Waals surface area (Å²) in [4.78, 5) is 16.1. The summed E-state index contributed by atoms with van der Waals surface area (Å²) in [5.41, 5.74) is -0.648. The van der Waals surface area contributed by atoms with Crippen molar-refractivity contribution >= 4 is 10.8 Å². The van der Waals surface area contributed by atoms with Crippen LogP contribution >= 0.6 is 0 Å². The molecule has 4 nitrogen and oxygen atoms in total. The fourth-order valence-electron chi connectivity index (χ4n) is 2.60. The van der Waals surface area contributed by atoms with Crippen LogP contribution in [0, 0.1) is 5.92 Å². The first-order valence-electron chi connectivity index (χ1n) is 6.92. The van der Waals surface area contributed by atoms with Crippen LogP contribution in [0.3, 0.4) is 0 Å². The summed E-state index contributed by atoms with van der Waals surface area (Å²) in [7, 11) is 0. The first kappa shape index (κ1) is 14.1. The lowest BCUT2D eigenvalue weighted by atomic mass is 10.1. The molecule has 1 saturated carbocycles. The van der Waals surface area contributed by atoms with E-state index in [4.69, 9.17) is 0 Å². The summed E-state index contributed by atoms with van der Waals surface area (Å²) in [5, 5.41) is 10.2. The van der Waals surface area contributed by atoms with Gasteiger partial charge in [0.2, 0.25) is 0 Å². The van der Waals surface area contributed by atoms with E-state index in [9.17, 15) is 18.7 Å². The minimum atomic E-state index is -3.04. The van der Waals surface area contributed by atoms with Gasteiger partial charge in [0.25, 0.3) is 11.5 Å². The third kappa shape index (κ3) is 2.55. The van der Waals surface area contributed by atoms with Crippen LogP contribution < -0.4 is 5.56 Å². The van der Waals surface area contributed by atoms with E-state index in [2.05, 4.69) is 4.98 Å². The summed E-state index contributed by atoms with van der Waals surface area (Å²) in [6.45, 7) is 0.673. The molecule has 1 aliphatic rings. The van der Waals surface area contributed by atoms with Crippen molar-refractivity contribution in [1.82, 2.24) is 9.55 Å². The van der Waals surface area contributed by atoms with E-state index in [1.807, 2.05) is 0 Å². The predicted octanol–water partition coefficient (Wildman–Crippen LogP) is 2.45. The third-order valence-electron chi connectivity index (χ3n) is 3.98. The van der Waals surface area contributed by atoms with E-state index in [0.717, 1.165) is 19.8 Å². The van der Waals surface area contributed by atoms with E-state index in [1.165, 1.54) is 16.8 Å². The molecular weight excluding hydrogens is 278 g/mol. The first-order valence-corrected chi connectivity index (χ1v) is 6.92. The van der Waals surface area contributed by atoms with Gasteiger partial charge in [0.1, 0.15) is 5.69 Å². The van der Waals surface area contributed by atoms with E-state index >= 15 is 0 Å². The molecule has 0 saturated heterocycles. The number of fused-ring (bicyclic) bond motifs is 1. The van der Waals surface area contributed by atoms with Crippen LogP contribution in [-0.2, 0) is 5.92 Å². The van der Waals surface area contributed by atoms with E-state index in [0.29, 0.717) is 16.7 Å². The molecule has 1 atom stereocenters. The molecule has 2 aromatic rings. The van der Waals surface area contributed by atoms with Crippen molar-refractivity contribution in [3.05, 3.63) is 40.6 Å². The molecule has 2 heterocycles. The molecule has 2 aromatic heterocycles. The molecule has 21 heavy (non-hydrogen) atoms. The Kier molecular flexibility index (Phi) is 3.28. The van der Waals surface area contributed by atoms with Crippen LogP contribution in [0.5, 0.6) is 0 Å². The van der Waals surface area contributed by atoms with Crippen molar-refractivity contribution in [2.24, 2.45) is 5.92 Å². The van der Waals surface area contributed by atoms with Gasteiger partial charge in [0.15, 0.2) is 0 Å². The highest BCUT2D eigenvalue weighted by Crippen LogP contribution is 2.39. The van der Waals surface area contributed by atoms with E-state index < -0.39 is 5.92 Å². The van der Waals surface area contributed by atoms with Gasteiger partial charge >= 0.3 is 0 Å². The Morgan fingerprint density at radius 3 is 2.81 bits per heavy atom. The Labute approximate surface area is 120 Å². The van der Waals surface area contributed by atoms with Crippen LogP contribution in [-0.4, -0.2) is 21.3 Å². The lowest BCUT2D eigenvalue weighted by Gasteiger charge is -2.17. The fraction of sp³-hybridized carbons (Fsp3) is 0.467. The molecule has 1 N–H and O–H groups in total. The second kappa shape index (κ2) is 4.87. The highest BCUT2D eigenvalue weighted by atomic mass is 19.3. The molecular formula is C15H16F2N2O2. The zero-order chi connectivity index (χ0) is 15.2. The fourth-order valence-corrected chi connectivity index (χ4v) is 2.60. The molecule has 0 aliphatic heterocycles. The van der Waals surface area contributed by atoms with Gasteiger partial charge in [-0.1, -0.05) is 0 Å². The number of halogens is 2. The minimum absolute atomic E-state index is 0.103. The number of alkyl halides is 2. The smallest absolute Gasteiger partial charge is 0.286 e. The van der Waals surface area contributed by atoms with Crippen molar-refractivity contribution in [3.8, 4) is 0 Å². The Bertz CT molecular complexity index is 733. The Balaban J connectivity index is 2.11. The highest BCUT2D eigenvalue weighted by Gasteiger charge is 2.33. The maximum absolute atomic E-state index is 13.3. The minimum Gasteiger partial charge on any atom is -0.394 e. The number of hydrogen-bond acceptors (Lipinski definition) is 3. The van der Waals surface area contributed by atoms with Gasteiger partial charge in [-0.25, -0.2) is 0 Å². The second-order valence-electron chi connectivity index (χ2n) is 5.66. The standard InChI is InChI=1S/C15H16F2N2O2/c1-15(16,17)13-6-10-4-5-19(12(8-20)9-2-3-9)14(21)11(10)7-18-13/h4-7,9,12,20H,2-3,8H2,1H3. The number of rotatable bonds is 4. The number of aliphatic hydroxyl groups excluding tert-OH is 1. The summed E-state index contributed by atoms with van der Waals surface area (Å²) in [6, 6.07) is 2.62. The molecule has 112 valence electrons. The van der Waals surface area contributed by atoms with Crippen LogP contribution in [0.15, 0.2) is 29.3 Å². The maximum atomic E-state index is 13.3. The topological polar surface area (TPSA) is 55.1 Å². The van der Waals surface area contributed by atoms with Gasteiger partial charge in [-0.05, 0) is 36.3 Å². The molecule has 0 radical (unpaired) electrons. The molecule has 0 bridgehead atoms. The highest BCUT2D eigenvalue weighted by molar-refractivity contribution is 5.81. The molecule has 1 aliphatic carbocycles. The van der Waals surface area contributed by atoms with Crippen molar-refractivity contribution in [1.29, 1.82) is 0 Å². The summed E-state index contributed by atoms with van der Waals surface area (Å²) >= 11 is 0. The Hall–Kier alpha value is -1.82. The SMILES string of the molecule is CC(F)(F)c1cc2ccn(C(CO)C3CC3)c(=O)c2cn1.